The van der Waals surface area contributed by atoms with Gasteiger partial charge in [0.1, 0.15) is 13.2 Å². The Morgan fingerprint density at radius 3 is 1.45 bits per heavy atom. The van der Waals surface area contributed by atoms with Crippen molar-refractivity contribution in [2.24, 2.45) is 11.5 Å². The lowest BCUT2D eigenvalue weighted by atomic mass is 10.1. The lowest BCUT2D eigenvalue weighted by Crippen LogP contribution is -2.45. The topological polar surface area (TPSA) is 145 Å². The van der Waals surface area contributed by atoms with Crippen LogP contribution in [0.15, 0.2) is 0 Å². The minimum atomic E-state index is -1.00. The van der Waals surface area contributed by atoms with E-state index in [0.717, 1.165) is 0 Å². The average Bonchev–Trinajstić information content (AvgIpc) is 2.40. The quantitative estimate of drug-likeness (QED) is 0.367. The molecule has 2 unspecified atom stereocenters. The van der Waals surface area contributed by atoms with E-state index in [4.69, 9.17) is 31.2 Å². The van der Waals surface area contributed by atoms with Crippen LogP contribution in [0.2, 0.25) is 0 Å². The average molecular weight is 292 g/mol. The summed E-state index contributed by atoms with van der Waals surface area (Å²) in [5, 5.41) is 17.7. The van der Waals surface area contributed by atoms with Crippen molar-refractivity contribution in [1.29, 1.82) is 0 Å². The highest BCUT2D eigenvalue weighted by molar-refractivity contribution is 5.77. The van der Waals surface area contributed by atoms with Gasteiger partial charge in [0, 0.05) is 0 Å². The lowest BCUT2D eigenvalue weighted by Gasteiger charge is -2.21. The fourth-order valence-corrected chi connectivity index (χ4v) is 0.930. The molecule has 0 aliphatic carbocycles. The summed E-state index contributed by atoms with van der Waals surface area (Å²) in [7, 11) is 0. The first kappa shape index (κ1) is 18.8. The first-order valence-electron chi connectivity index (χ1n) is 6.22. The molecule has 0 aromatic rings. The van der Waals surface area contributed by atoms with Crippen LogP contribution in [0.3, 0.4) is 0 Å². The molecule has 118 valence electrons. The Morgan fingerprint density at radius 2 is 1.20 bits per heavy atom. The molecule has 0 aliphatic heterocycles. The number of aliphatic hydroxyl groups is 2. The van der Waals surface area contributed by atoms with E-state index in [1.54, 1.807) is 0 Å². The Labute approximate surface area is 118 Å². The Balaban J connectivity index is 3.87. The summed E-state index contributed by atoms with van der Waals surface area (Å²) in [6.45, 7) is 2.15. The van der Waals surface area contributed by atoms with Gasteiger partial charge in [-0.05, 0) is 13.8 Å². The van der Waals surface area contributed by atoms with Crippen LogP contribution in [0, 0.1) is 0 Å². The third-order valence-corrected chi connectivity index (χ3v) is 2.38. The molecular weight excluding hydrogens is 268 g/mol. The van der Waals surface area contributed by atoms with Crippen molar-refractivity contribution in [1.82, 2.24) is 0 Å². The maximum absolute atomic E-state index is 11.3. The maximum Gasteiger partial charge on any atom is 0.306 e. The van der Waals surface area contributed by atoms with E-state index in [0.29, 0.717) is 0 Å². The van der Waals surface area contributed by atoms with Gasteiger partial charge in [-0.3, -0.25) is 9.59 Å². The maximum atomic E-state index is 11.3. The second kappa shape index (κ2) is 8.15. The Bertz CT molecular complexity index is 298. The van der Waals surface area contributed by atoms with E-state index in [1.165, 1.54) is 13.8 Å². The van der Waals surface area contributed by atoms with Crippen LogP contribution in [-0.4, -0.2) is 59.7 Å². The van der Waals surface area contributed by atoms with Crippen molar-refractivity contribution < 1.29 is 29.3 Å². The highest BCUT2D eigenvalue weighted by Gasteiger charge is 2.21. The van der Waals surface area contributed by atoms with Gasteiger partial charge < -0.3 is 31.2 Å². The molecule has 0 aromatic heterocycles. The molecule has 0 aromatic carbocycles. The summed E-state index contributed by atoms with van der Waals surface area (Å²) in [5.41, 5.74) is 9.15. The third kappa shape index (κ3) is 8.81. The van der Waals surface area contributed by atoms with Crippen LogP contribution in [-0.2, 0) is 19.1 Å². The molecule has 0 saturated heterocycles. The second-order valence-corrected chi connectivity index (χ2v) is 5.45. The SMILES string of the molecule is CC(N)(CO)COC(=O)CCC(=O)OCC(C)(N)CO. The highest BCUT2D eigenvalue weighted by atomic mass is 16.5. The van der Waals surface area contributed by atoms with Crippen LogP contribution in [0.25, 0.3) is 0 Å². The van der Waals surface area contributed by atoms with Crippen LogP contribution < -0.4 is 11.5 Å². The number of esters is 2. The van der Waals surface area contributed by atoms with Crippen molar-refractivity contribution in [3.05, 3.63) is 0 Å². The predicted molar refractivity (Wildman–Crippen MR) is 70.5 cm³/mol. The zero-order valence-electron chi connectivity index (χ0n) is 11.9. The number of aliphatic hydroxyl groups excluding tert-OH is 2. The van der Waals surface area contributed by atoms with Crippen molar-refractivity contribution in [3.63, 3.8) is 0 Å². The van der Waals surface area contributed by atoms with Crippen LogP contribution in [0.5, 0.6) is 0 Å². The fraction of sp³-hybridized carbons (Fsp3) is 0.833. The van der Waals surface area contributed by atoms with Gasteiger partial charge in [-0.2, -0.15) is 0 Å². The number of ether oxygens (including phenoxy) is 2. The fourth-order valence-electron chi connectivity index (χ4n) is 0.930. The Kier molecular flexibility index (Phi) is 7.66. The van der Waals surface area contributed by atoms with Crippen molar-refractivity contribution in [2.75, 3.05) is 26.4 Å². The predicted octanol–water partition coefficient (Wildman–Crippen LogP) is -1.73. The molecule has 0 spiro atoms. The third-order valence-electron chi connectivity index (χ3n) is 2.38. The van der Waals surface area contributed by atoms with Gasteiger partial charge in [0.2, 0.25) is 0 Å². The van der Waals surface area contributed by atoms with Gasteiger partial charge >= 0.3 is 11.9 Å². The molecule has 0 amide bonds. The molecule has 2 atom stereocenters. The minimum absolute atomic E-state index is 0.136. The van der Waals surface area contributed by atoms with Crippen molar-refractivity contribution in [3.8, 4) is 0 Å². The van der Waals surface area contributed by atoms with Gasteiger partial charge in [-0.25, -0.2) is 0 Å². The molecule has 0 bridgehead atoms. The highest BCUT2D eigenvalue weighted by Crippen LogP contribution is 2.04. The van der Waals surface area contributed by atoms with E-state index in [2.05, 4.69) is 0 Å². The number of carbonyl (C=O) groups excluding carboxylic acids is 2. The summed E-state index contributed by atoms with van der Waals surface area (Å²) in [4.78, 5) is 22.7. The van der Waals surface area contributed by atoms with Crippen molar-refractivity contribution >= 4 is 11.9 Å². The largest absolute Gasteiger partial charge is 0.464 e. The summed E-state index contributed by atoms with van der Waals surface area (Å²) in [6.07, 6.45) is -0.304. The summed E-state index contributed by atoms with van der Waals surface area (Å²) in [6, 6.07) is 0. The van der Waals surface area contributed by atoms with Crippen LogP contribution >= 0.6 is 0 Å². The van der Waals surface area contributed by atoms with Crippen LogP contribution in [0.1, 0.15) is 26.7 Å². The Hall–Kier alpha value is -1.22. The van der Waals surface area contributed by atoms with Gasteiger partial charge in [0.25, 0.3) is 0 Å². The van der Waals surface area contributed by atoms with Gasteiger partial charge in [0.05, 0.1) is 37.1 Å². The summed E-state index contributed by atoms with van der Waals surface area (Å²) in [5.74, 6) is -1.21. The molecule has 8 heteroatoms. The minimum Gasteiger partial charge on any atom is -0.464 e. The van der Waals surface area contributed by atoms with E-state index in [9.17, 15) is 9.59 Å². The van der Waals surface area contributed by atoms with Gasteiger partial charge in [-0.1, -0.05) is 0 Å². The van der Waals surface area contributed by atoms with E-state index in [-0.39, 0.29) is 39.3 Å². The number of hydrogen-bond acceptors (Lipinski definition) is 8. The molecule has 0 heterocycles. The summed E-state index contributed by atoms with van der Waals surface area (Å²) < 4.78 is 9.64. The lowest BCUT2D eigenvalue weighted by molar-refractivity contribution is -0.152. The number of hydrogen-bond donors (Lipinski definition) is 4. The molecular formula is C12H24N2O6. The second-order valence-electron chi connectivity index (χ2n) is 5.45. The normalized spacial score (nSPS) is 16.9. The smallest absolute Gasteiger partial charge is 0.306 e. The Morgan fingerprint density at radius 1 is 0.900 bits per heavy atom. The van der Waals surface area contributed by atoms with Gasteiger partial charge in [-0.15, -0.1) is 0 Å². The van der Waals surface area contributed by atoms with Crippen LogP contribution in [0.4, 0.5) is 0 Å². The molecule has 0 aliphatic rings. The summed E-state index contributed by atoms with van der Waals surface area (Å²) >= 11 is 0. The number of nitrogens with two attached hydrogens (primary N) is 2. The molecule has 8 nitrogen and oxygen atoms in total. The zero-order valence-corrected chi connectivity index (χ0v) is 11.9. The standard InChI is InChI=1S/C12H24N2O6/c1-11(13,5-15)7-19-9(17)3-4-10(18)20-8-12(2,14)6-16/h15-16H,3-8,13-14H2,1-2H3. The molecule has 20 heavy (non-hydrogen) atoms. The molecule has 6 N–H and O–H groups in total. The molecule has 0 rings (SSSR count). The number of rotatable bonds is 9. The van der Waals surface area contributed by atoms with E-state index < -0.39 is 23.0 Å². The first-order valence-corrected chi connectivity index (χ1v) is 6.22. The van der Waals surface area contributed by atoms with E-state index in [1.807, 2.05) is 0 Å². The first-order chi connectivity index (χ1) is 9.12. The molecule has 0 saturated carbocycles. The molecule has 0 fully saturated rings. The zero-order chi connectivity index (χ0) is 15.8. The van der Waals surface area contributed by atoms with Crippen molar-refractivity contribution in [2.45, 2.75) is 37.8 Å². The monoisotopic (exact) mass is 292 g/mol. The molecule has 0 radical (unpaired) electrons. The van der Waals surface area contributed by atoms with Gasteiger partial charge in [0.15, 0.2) is 0 Å². The number of carbonyl (C=O) groups is 2. The van der Waals surface area contributed by atoms with E-state index >= 15 is 0 Å².